The predicted octanol–water partition coefficient (Wildman–Crippen LogP) is 2.40. The molecule has 1 aromatic heterocycles. The Labute approximate surface area is 105 Å². The molecule has 1 rings (SSSR count). The lowest BCUT2D eigenvalue weighted by Gasteiger charge is -2.19. The average molecular weight is 288 g/mol. The monoisotopic (exact) mass is 287 g/mol. The molecule has 1 heterocycles. The van der Waals surface area contributed by atoms with Crippen molar-refractivity contribution in [2.75, 3.05) is 25.6 Å². The first kappa shape index (κ1) is 13.2. The van der Waals surface area contributed by atoms with Crippen molar-refractivity contribution in [1.29, 1.82) is 0 Å². The van der Waals surface area contributed by atoms with Crippen LogP contribution in [0.2, 0.25) is 0 Å². The highest BCUT2D eigenvalue weighted by Gasteiger charge is 2.07. The van der Waals surface area contributed by atoms with Gasteiger partial charge >= 0.3 is 0 Å². The van der Waals surface area contributed by atoms with Gasteiger partial charge in [-0.3, -0.25) is 0 Å². The number of hydrogen-bond acceptors (Lipinski definition) is 4. The van der Waals surface area contributed by atoms with E-state index in [-0.39, 0.29) is 0 Å². The van der Waals surface area contributed by atoms with Crippen LogP contribution in [-0.2, 0) is 0 Å². The summed E-state index contributed by atoms with van der Waals surface area (Å²) in [5.74, 6) is 2.24. The number of rotatable bonds is 5. The van der Waals surface area contributed by atoms with Gasteiger partial charge in [0.05, 0.1) is 7.11 Å². The molecule has 5 heteroatoms. The van der Waals surface area contributed by atoms with Crippen molar-refractivity contribution in [2.45, 2.75) is 25.1 Å². The van der Waals surface area contributed by atoms with Crippen LogP contribution in [0.15, 0.2) is 6.07 Å². The van der Waals surface area contributed by atoms with Crippen LogP contribution >= 0.6 is 15.9 Å². The number of hydrogen-bond donors (Lipinski definition) is 0. The van der Waals surface area contributed by atoms with Crippen molar-refractivity contribution in [2.24, 2.45) is 0 Å². The van der Waals surface area contributed by atoms with Gasteiger partial charge in [0.2, 0.25) is 5.88 Å². The summed E-state index contributed by atoms with van der Waals surface area (Å²) in [6.07, 6.45) is 1.07. The molecule has 0 fully saturated rings. The van der Waals surface area contributed by atoms with E-state index < -0.39 is 0 Å². The second-order valence-corrected chi connectivity index (χ2v) is 5.37. The van der Waals surface area contributed by atoms with Crippen molar-refractivity contribution in [1.82, 2.24) is 9.97 Å². The van der Waals surface area contributed by atoms with Gasteiger partial charge in [0.1, 0.15) is 11.6 Å². The molecule has 0 amide bonds. The summed E-state index contributed by atoms with van der Waals surface area (Å²) in [4.78, 5) is 11.2. The molecule has 1 atom stereocenters. The lowest BCUT2D eigenvalue weighted by Crippen LogP contribution is -2.22. The van der Waals surface area contributed by atoms with Crippen LogP contribution in [0.25, 0.3) is 0 Å². The molecule has 1 unspecified atom stereocenters. The third-order valence-electron chi connectivity index (χ3n) is 2.26. The van der Waals surface area contributed by atoms with Gasteiger partial charge in [0, 0.05) is 24.5 Å². The Morgan fingerprint density at radius 2 is 2.19 bits per heavy atom. The molecule has 0 N–H and O–H groups in total. The van der Waals surface area contributed by atoms with Crippen LogP contribution in [0.1, 0.15) is 19.2 Å². The summed E-state index contributed by atoms with van der Waals surface area (Å²) in [6, 6.07) is 1.85. The molecule has 0 radical (unpaired) electrons. The molecular formula is C11H18BrN3O. The minimum atomic E-state index is 0.514. The van der Waals surface area contributed by atoms with E-state index in [2.05, 4.69) is 37.7 Å². The summed E-state index contributed by atoms with van der Waals surface area (Å²) >= 11 is 3.53. The summed E-state index contributed by atoms with van der Waals surface area (Å²) < 4.78 is 5.12. The Morgan fingerprint density at radius 3 is 2.75 bits per heavy atom. The van der Waals surface area contributed by atoms with Gasteiger partial charge in [-0.1, -0.05) is 22.9 Å². The Balaban J connectivity index is 2.74. The first-order valence-corrected chi connectivity index (χ1v) is 6.19. The SMILES string of the molecule is COc1cc(N(C)CCC(C)Br)nc(C)n1. The van der Waals surface area contributed by atoms with Crippen molar-refractivity contribution in [3.05, 3.63) is 11.9 Å². The van der Waals surface area contributed by atoms with Gasteiger partial charge in [-0.25, -0.2) is 4.98 Å². The number of ether oxygens (including phenoxy) is 1. The van der Waals surface area contributed by atoms with Crippen LogP contribution < -0.4 is 9.64 Å². The summed E-state index contributed by atoms with van der Waals surface area (Å²) in [5, 5.41) is 0. The van der Waals surface area contributed by atoms with Crippen LogP contribution in [0.3, 0.4) is 0 Å². The maximum absolute atomic E-state index is 5.12. The number of alkyl halides is 1. The Kier molecular flexibility index (Phi) is 4.99. The van der Waals surface area contributed by atoms with Gasteiger partial charge in [-0.15, -0.1) is 0 Å². The molecule has 0 spiro atoms. The van der Waals surface area contributed by atoms with Gasteiger partial charge in [0.15, 0.2) is 0 Å². The molecule has 1 aromatic rings. The summed E-state index contributed by atoms with van der Waals surface area (Å²) in [7, 11) is 3.64. The van der Waals surface area contributed by atoms with E-state index in [1.54, 1.807) is 7.11 Å². The van der Waals surface area contributed by atoms with Crippen molar-refractivity contribution < 1.29 is 4.74 Å². The second-order valence-electron chi connectivity index (χ2n) is 3.81. The largest absolute Gasteiger partial charge is 0.481 e. The van der Waals surface area contributed by atoms with Crippen LogP contribution in [-0.4, -0.2) is 35.5 Å². The highest BCUT2D eigenvalue weighted by molar-refractivity contribution is 9.09. The van der Waals surface area contributed by atoms with Gasteiger partial charge in [-0.05, 0) is 13.3 Å². The number of methoxy groups -OCH3 is 1. The molecule has 0 aliphatic heterocycles. The van der Waals surface area contributed by atoms with E-state index in [1.165, 1.54) is 0 Å². The minimum Gasteiger partial charge on any atom is -0.481 e. The van der Waals surface area contributed by atoms with Crippen molar-refractivity contribution in [3.63, 3.8) is 0 Å². The Morgan fingerprint density at radius 1 is 1.50 bits per heavy atom. The third-order valence-corrected chi connectivity index (χ3v) is 2.72. The molecule has 90 valence electrons. The third kappa shape index (κ3) is 3.96. The number of halogens is 1. The van der Waals surface area contributed by atoms with Crippen molar-refractivity contribution in [3.8, 4) is 5.88 Å². The average Bonchev–Trinajstić information content (AvgIpc) is 2.24. The molecule has 0 aliphatic rings. The van der Waals surface area contributed by atoms with Crippen LogP contribution in [0.5, 0.6) is 5.88 Å². The zero-order valence-electron chi connectivity index (χ0n) is 10.2. The minimum absolute atomic E-state index is 0.514. The maximum atomic E-state index is 5.12. The van der Waals surface area contributed by atoms with Gasteiger partial charge in [-0.2, -0.15) is 4.98 Å². The lowest BCUT2D eigenvalue weighted by atomic mass is 10.3. The number of aryl methyl sites for hydroxylation is 1. The fourth-order valence-electron chi connectivity index (χ4n) is 1.31. The topological polar surface area (TPSA) is 38.2 Å². The number of aromatic nitrogens is 2. The van der Waals surface area contributed by atoms with E-state index in [0.29, 0.717) is 10.7 Å². The number of nitrogens with zero attached hydrogens (tertiary/aromatic N) is 3. The lowest BCUT2D eigenvalue weighted by molar-refractivity contribution is 0.395. The molecule has 0 saturated carbocycles. The predicted molar refractivity (Wildman–Crippen MR) is 69.6 cm³/mol. The molecule has 0 bridgehead atoms. The van der Waals surface area contributed by atoms with Crippen LogP contribution in [0.4, 0.5) is 5.82 Å². The second kappa shape index (κ2) is 6.03. The van der Waals surface area contributed by atoms with E-state index in [0.717, 1.165) is 24.6 Å². The van der Waals surface area contributed by atoms with E-state index >= 15 is 0 Å². The van der Waals surface area contributed by atoms with E-state index in [4.69, 9.17) is 4.74 Å². The smallest absolute Gasteiger partial charge is 0.218 e. The zero-order valence-corrected chi connectivity index (χ0v) is 11.8. The summed E-state index contributed by atoms with van der Waals surface area (Å²) in [6.45, 7) is 4.96. The highest BCUT2D eigenvalue weighted by atomic mass is 79.9. The van der Waals surface area contributed by atoms with E-state index in [9.17, 15) is 0 Å². The first-order chi connectivity index (χ1) is 7.52. The number of anilines is 1. The molecular weight excluding hydrogens is 270 g/mol. The van der Waals surface area contributed by atoms with Gasteiger partial charge < -0.3 is 9.64 Å². The molecule has 0 saturated heterocycles. The molecule has 0 aliphatic carbocycles. The fourth-order valence-corrected chi connectivity index (χ4v) is 1.52. The molecule has 0 aromatic carbocycles. The quantitative estimate of drug-likeness (QED) is 0.780. The molecule has 16 heavy (non-hydrogen) atoms. The summed E-state index contributed by atoms with van der Waals surface area (Å²) in [5.41, 5.74) is 0. The van der Waals surface area contributed by atoms with Gasteiger partial charge in [0.25, 0.3) is 0 Å². The maximum Gasteiger partial charge on any atom is 0.218 e. The Hall–Kier alpha value is -0.840. The zero-order chi connectivity index (χ0) is 12.1. The van der Waals surface area contributed by atoms with Crippen LogP contribution in [0, 0.1) is 6.92 Å². The first-order valence-electron chi connectivity index (χ1n) is 5.28. The normalized spacial score (nSPS) is 12.3. The van der Waals surface area contributed by atoms with E-state index in [1.807, 2.05) is 20.0 Å². The Bertz CT molecular complexity index is 344. The van der Waals surface area contributed by atoms with Crippen molar-refractivity contribution >= 4 is 21.7 Å². The highest BCUT2D eigenvalue weighted by Crippen LogP contribution is 2.17. The standard InChI is InChI=1S/C11H18BrN3O/c1-8(12)5-6-15(3)10-7-11(16-4)14-9(2)13-10/h7-8H,5-6H2,1-4H3. The fraction of sp³-hybridized carbons (Fsp3) is 0.636. The molecule has 4 nitrogen and oxygen atoms in total.